The van der Waals surface area contributed by atoms with E-state index in [1.165, 1.54) is 0 Å². The van der Waals surface area contributed by atoms with Crippen molar-refractivity contribution < 1.29 is 4.79 Å². The summed E-state index contributed by atoms with van der Waals surface area (Å²) in [4.78, 5) is 13.9. The first-order valence-electron chi connectivity index (χ1n) is 8.16. The number of thiocarbonyl (C=S) groups is 1. The highest BCUT2D eigenvalue weighted by atomic mass is 32.1. The molecule has 0 aliphatic heterocycles. The van der Waals surface area contributed by atoms with E-state index in [1.54, 1.807) is 12.2 Å². The van der Waals surface area contributed by atoms with Gasteiger partial charge in [-0.1, -0.05) is 48.5 Å². The minimum Gasteiger partial charge on any atom is -0.350 e. The van der Waals surface area contributed by atoms with Crippen molar-refractivity contribution in [1.29, 1.82) is 0 Å². The molecule has 0 bridgehead atoms. The number of carbonyl (C=O) groups is 1. The van der Waals surface area contributed by atoms with E-state index in [1.807, 2.05) is 79.5 Å². The van der Waals surface area contributed by atoms with Gasteiger partial charge in [-0.25, -0.2) is 0 Å². The third-order valence-electron chi connectivity index (χ3n) is 3.80. The lowest BCUT2D eigenvalue weighted by molar-refractivity contribution is -0.116. The Morgan fingerprint density at radius 2 is 1.72 bits per heavy atom. The van der Waals surface area contributed by atoms with E-state index in [-0.39, 0.29) is 11.9 Å². The van der Waals surface area contributed by atoms with Crippen molar-refractivity contribution in [3.05, 3.63) is 72.3 Å². The lowest BCUT2D eigenvalue weighted by atomic mass is 10.2. The molecule has 1 amide bonds. The van der Waals surface area contributed by atoms with Crippen LogP contribution in [-0.2, 0) is 4.79 Å². The van der Waals surface area contributed by atoms with Crippen LogP contribution in [0.3, 0.4) is 0 Å². The molecule has 25 heavy (non-hydrogen) atoms. The largest absolute Gasteiger partial charge is 0.350 e. The third-order valence-corrected chi connectivity index (χ3v) is 4.20. The molecule has 0 saturated carbocycles. The van der Waals surface area contributed by atoms with Crippen LogP contribution in [0.4, 0.5) is 5.69 Å². The highest BCUT2D eigenvalue weighted by molar-refractivity contribution is 7.80. The molecule has 0 heterocycles. The highest BCUT2D eigenvalue weighted by Crippen LogP contribution is 2.07. The average Bonchev–Trinajstić information content (AvgIpc) is 2.65. The van der Waals surface area contributed by atoms with Crippen LogP contribution < -0.4 is 10.6 Å². The Hall–Kier alpha value is -2.66. The molecule has 4 nitrogen and oxygen atoms in total. The molecule has 2 aromatic rings. The predicted octanol–water partition coefficient (Wildman–Crippen LogP) is 3.53. The second-order valence-electron chi connectivity index (χ2n) is 5.75. The summed E-state index contributed by atoms with van der Waals surface area (Å²) in [6.45, 7) is 2.52. The van der Waals surface area contributed by atoms with Gasteiger partial charge in [0.25, 0.3) is 0 Å². The van der Waals surface area contributed by atoms with E-state index in [2.05, 4.69) is 10.6 Å². The number of benzene rings is 2. The van der Waals surface area contributed by atoms with Gasteiger partial charge in [-0.2, -0.15) is 0 Å². The summed E-state index contributed by atoms with van der Waals surface area (Å²) in [6.07, 6.45) is 3.34. The number of likely N-dealkylation sites (N-methyl/N-ethyl adjacent to an activating group) is 1. The van der Waals surface area contributed by atoms with Crippen LogP contribution in [0.5, 0.6) is 0 Å². The molecule has 0 saturated heterocycles. The molecular formula is C20H23N3OS. The van der Waals surface area contributed by atoms with Crippen molar-refractivity contribution in [3.63, 3.8) is 0 Å². The second kappa shape index (κ2) is 9.59. The van der Waals surface area contributed by atoms with Crippen molar-refractivity contribution >= 4 is 35.0 Å². The maximum atomic E-state index is 11.9. The summed E-state index contributed by atoms with van der Waals surface area (Å²) < 4.78 is 0. The van der Waals surface area contributed by atoms with Crippen LogP contribution >= 0.6 is 12.2 Å². The van der Waals surface area contributed by atoms with Crippen LogP contribution in [0.1, 0.15) is 12.5 Å². The topological polar surface area (TPSA) is 44.4 Å². The number of nitrogens with zero attached hydrogens (tertiary/aromatic N) is 1. The number of amides is 1. The summed E-state index contributed by atoms with van der Waals surface area (Å²) in [7, 11) is 1.91. The van der Waals surface area contributed by atoms with E-state index in [0.717, 1.165) is 11.3 Å². The molecule has 1 unspecified atom stereocenters. The van der Waals surface area contributed by atoms with Crippen LogP contribution in [0.25, 0.3) is 6.08 Å². The van der Waals surface area contributed by atoms with Gasteiger partial charge in [-0.3, -0.25) is 4.79 Å². The lowest BCUT2D eigenvalue weighted by Gasteiger charge is -2.27. The van der Waals surface area contributed by atoms with Gasteiger partial charge in [0.05, 0.1) is 0 Å². The Bertz CT molecular complexity index is 716. The van der Waals surface area contributed by atoms with Gasteiger partial charge in [0.15, 0.2) is 5.11 Å². The minimum absolute atomic E-state index is 0.0674. The molecule has 0 aliphatic carbocycles. The van der Waals surface area contributed by atoms with Gasteiger partial charge in [0, 0.05) is 31.4 Å². The zero-order chi connectivity index (χ0) is 18.1. The minimum atomic E-state index is -0.119. The van der Waals surface area contributed by atoms with Crippen LogP contribution in [0.2, 0.25) is 0 Å². The Morgan fingerprint density at radius 3 is 2.36 bits per heavy atom. The van der Waals surface area contributed by atoms with Gasteiger partial charge >= 0.3 is 0 Å². The molecule has 5 heteroatoms. The molecular weight excluding hydrogens is 330 g/mol. The molecule has 0 radical (unpaired) electrons. The smallest absolute Gasteiger partial charge is 0.244 e. The first-order valence-corrected chi connectivity index (χ1v) is 8.57. The molecule has 0 aliphatic rings. The van der Waals surface area contributed by atoms with Crippen LogP contribution in [0.15, 0.2) is 66.7 Å². The fourth-order valence-electron chi connectivity index (χ4n) is 2.11. The zero-order valence-corrected chi connectivity index (χ0v) is 15.3. The maximum absolute atomic E-state index is 11.9. The van der Waals surface area contributed by atoms with Gasteiger partial charge in [-0.15, -0.1) is 0 Å². The summed E-state index contributed by atoms with van der Waals surface area (Å²) in [5, 5.41) is 6.70. The molecule has 2 aromatic carbocycles. The van der Waals surface area contributed by atoms with Crippen molar-refractivity contribution in [2.45, 2.75) is 13.0 Å². The zero-order valence-electron chi connectivity index (χ0n) is 14.5. The van der Waals surface area contributed by atoms with E-state index >= 15 is 0 Å². The molecule has 0 spiro atoms. The normalized spacial score (nSPS) is 11.8. The van der Waals surface area contributed by atoms with Crippen molar-refractivity contribution in [3.8, 4) is 0 Å². The number of carbonyl (C=O) groups excluding carboxylic acids is 1. The third kappa shape index (κ3) is 6.39. The highest BCUT2D eigenvalue weighted by Gasteiger charge is 2.13. The Balaban J connectivity index is 1.78. The number of hydrogen-bond acceptors (Lipinski definition) is 2. The van der Waals surface area contributed by atoms with E-state index < -0.39 is 0 Å². The number of anilines is 1. The van der Waals surface area contributed by atoms with Gasteiger partial charge < -0.3 is 15.5 Å². The number of rotatable bonds is 6. The average molecular weight is 353 g/mol. The Kier molecular flexibility index (Phi) is 7.16. The second-order valence-corrected chi connectivity index (χ2v) is 6.13. The summed E-state index contributed by atoms with van der Waals surface area (Å²) in [6, 6.07) is 19.6. The van der Waals surface area contributed by atoms with Crippen molar-refractivity contribution in [1.82, 2.24) is 10.2 Å². The molecule has 0 aromatic heterocycles. The van der Waals surface area contributed by atoms with Gasteiger partial charge in [0.1, 0.15) is 0 Å². The Labute approximate surface area is 154 Å². The predicted molar refractivity (Wildman–Crippen MR) is 108 cm³/mol. The number of hydrogen-bond donors (Lipinski definition) is 2. The van der Waals surface area contributed by atoms with Crippen LogP contribution in [-0.4, -0.2) is 35.6 Å². The maximum Gasteiger partial charge on any atom is 0.244 e. The molecule has 0 fully saturated rings. The molecule has 2 N–H and O–H groups in total. The van der Waals surface area contributed by atoms with E-state index in [4.69, 9.17) is 12.2 Å². The van der Waals surface area contributed by atoms with E-state index in [9.17, 15) is 4.79 Å². The summed E-state index contributed by atoms with van der Waals surface area (Å²) in [5.74, 6) is -0.119. The number of nitrogens with one attached hydrogen (secondary N) is 2. The SMILES string of the molecule is CC(CNC(=O)/C=C/c1ccccc1)N(C)C(=S)Nc1ccccc1. The van der Waals surface area contributed by atoms with Crippen molar-refractivity contribution in [2.75, 3.05) is 18.9 Å². The molecule has 2 rings (SSSR count). The lowest BCUT2D eigenvalue weighted by Crippen LogP contribution is -2.44. The van der Waals surface area contributed by atoms with Crippen LogP contribution in [0, 0.1) is 0 Å². The first-order chi connectivity index (χ1) is 12.1. The quantitative estimate of drug-likeness (QED) is 0.616. The fraction of sp³-hybridized carbons (Fsp3) is 0.200. The Morgan fingerprint density at radius 1 is 1.12 bits per heavy atom. The van der Waals surface area contributed by atoms with Crippen molar-refractivity contribution in [2.24, 2.45) is 0 Å². The molecule has 1 atom stereocenters. The molecule has 130 valence electrons. The van der Waals surface area contributed by atoms with Gasteiger partial charge in [-0.05, 0) is 42.9 Å². The number of para-hydroxylation sites is 1. The summed E-state index contributed by atoms with van der Waals surface area (Å²) >= 11 is 5.42. The summed E-state index contributed by atoms with van der Waals surface area (Å²) in [5.41, 5.74) is 1.94. The van der Waals surface area contributed by atoms with E-state index in [0.29, 0.717) is 11.7 Å². The monoisotopic (exact) mass is 353 g/mol. The standard InChI is InChI=1S/C20H23N3OS/c1-16(23(2)20(25)22-18-11-7-4-8-12-18)15-21-19(24)14-13-17-9-5-3-6-10-17/h3-14,16H,15H2,1-2H3,(H,21,24)(H,22,25)/b14-13+. The fourth-order valence-corrected chi connectivity index (χ4v) is 2.41. The first kappa shape index (κ1) is 18.7. The van der Waals surface area contributed by atoms with Gasteiger partial charge in [0.2, 0.25) is 5.91 Å².